The molecule has 0 saturated heterocycles. The topological polar surface area (TPSA) is 68.7 Å². The molecule has 2 rings (SSSR count). The van der Waals surface area contributed by atoms with Gasteiger partial charge < -0.3 is 14.6 Å². The summed E-state index contributed by atoms with van der Waals surface area (Å²) in [6, 6.07) is 11.7. The highest BCUT2D eigenvalue weighted by Crippen LogP contribution is 2.20. The molecule has 0 spiro atoms. The number of ether oxygens (including phenoxy) is 2. The van der Waals surface area contributed by atoms with Gasteiger partial charge in [-0.3, -0.25) is 4.79 Å². The van der Waals surface area contributed by atoms with E-state index < -0.39 is 5.97 Å². The van der Waals surface area contributed by atoms with E-state index in [1.54, 1.807) is 19.3 Å². The molecule has 5 nitrogen and oxygen atoms in total. The third-order valence-electron chi connectivity index (χ3n) is 3.93. The van der Waals surface area contributed by atoms with E-state index in [0.29, 0.717) is 23.9 Å². The van der Waals surface area contributed by atoms with Crippen molar-refractivity contribution in [1.82, 2.24) is 4.98 Å². The predicted molar refractivity (Wildman–Crippen MR) is 114 cm³/mol. The van der Waals surface area contributed by atoms with Gasteiger partial charge in [0.15, 0.2) is 0 Å². The largest absolute Gasteiger partial charge is 0.497 e. The van der Waals surface area contributed by atoms with Crippen LogP contribution in [-0.4, -0.2) is 29.8 Å². The van der Waals surface area contributed by atoms with Gasteiger partial charge in [-0.25, -0.2) is 4.98 Å². The lowest BCUT2D eigenvalue weighted by molar-refractivity contribution is -0.135. The molecule has 1 N–H and O–H groups in total. The predicted octanol–water partition coefficient (Wildman–Crippen LogP) is 5.14. The summed E-state index contributed by atoms with van der Waals surface area (Å²) in [5.41, 5.74) is 2.59. The molecular formula is C21H25Cl2NO4. The number of carboxylic acids is 1. The third kappa shape index (κ3) is 8.19. The molecule has 0 aliphatic heterocycles. The molecule has 0 aliphatic rings. The molecule has 0 aliphatic carbocycles. The first kappa shape index (κ1) is 23.8. The molecule has 28 heavy (non-hydrogen) atoms. The van der Waals surface area contributed by atoms with Gasteiger partial charge in [-0.1, -0.05) is 18.2 Å². The zero-order valence-electron chi connectivity index (χ0n) is 15.8. The lowest BCUT2D eigenvalue weighted by atomic mass is 10.1. The minimum Gasteiger partial charge on any atom is -0.497 e. The van der Waals surface area contributed by atoms with Crippen molar-refractivity contribution in [3.05, 3.63) is 59.4 Å². The number of halogens is 2. The number of aryl methyl sites for hydroxylation is 1. The molecular weight excluding hydrogens is 401 g/mol. The van der Waals surface area contributed by atoms with Gasteiger partial charge in [-0.2, -0.15) is 0 Å². The minimum absolute atomic E-state index is 0. The first-order chi connectivity index (χ1) is 13.1. The number of carboxylic acid groups (broad SMARTS) is 1. The standard InChI is InChI=1S/C21H24ClNO4.ClH/c1-26-18-11-8-16(9-12-18)5-2-3-14-27-20-13-10-17(15-22)23-19(20)6-4-7-21(24)25;/h4,6,8-13H,2-3,5,7,14-15H2,1H3,(H,24,25);1H/b6-4+;. The normalized spacial score (nSPS) is 10.5. The van der Waals surface area contributed by atoms with Gasteiger partial charge in [0.1, 0.15) is 17.2 Å². The van der Waals surface area contributed by atoms with E-state index in [1.807, 2.05) is 24.3 Å². The summed E-state index contributed by atoms with van der Waals surface area (Å²) in [5, 5.41) is 8.75. The highest BCUT2D eigenvalue weighted by atomic mass is 35.5. The summed E-state index contributed by atoms with van der Waals surface area (Å²) in [4.78, 5) is 15.1. The van der Waals surface area contributed by atoms with Crippen molar-refractivity contribution in [2.75, 3.05) is 13.7 Å². The number of unbranched alkanes of at least 4 members (excludes halogenated alkanes) is 1. The van der Waals surface area contributed by atoms with Crippen LogP contribution in [0, 0.1) is 0 Å². The van der Waals surface area contributed by atoms with E-state index >= 15 is 0 Å². The smallest absolute Gasteiger partial charge is 0.307 e. The van der Waals surface area contributed by atoms with Crippen molar-refractivity contribution in [1.29, 1.82) is 0 Å². The lowest BCUT2D eigenvalue weighted by Gasteiger charge is -2.10. The van der Waals surface area contributed by atoms with E-state index in [1.165, 1.54) is 5.56 Å². The van der Waals surface area contributed by atoms with Crippen molar-refractivity contribution in [2.45, 2.75) is 31.6 Å². The number of hydrogen-bond acceptors (Lipinski definition) is 4. The average molecular weight is 426 g/mol. The SMILES string of the molecule is COc1ccc(CCCCOc2ccc(CCl)nc2/C=C/CC(=O)O)cc1.Cl. The number of nitrogens with zero attached hydrogens (tertiary/aromatic N) is 1. The van der Waals surface area contributed by atoms with Crippen LogP contribution in [0.3, 0.4) is 0 Å². The number of rotatable bonds is 11. The maximum Gasteiger partial charge on any atom is 0.307 e. The zero-order valence-corrected chi connectivity index (χ0v) is 17.3. The van der Waals surface area contributed by atoms with E-state index in [9.17, 15) is 4.79 Å². The first-order valence-electron chi connectivity index (χ1n) is 8.82. The van der Waals surface area contributed by atoms with E-state index in [2.05, 4.69) is 17.1 Å². The summed E-state index contributed by atoms with van der Waals surface area (Å²) in [6.07, 6.45) is 6.04. The molecule has 1 heterocycles. The molecule has 2 aromatic rings. The van der Waals surface area contributed by atoms with Crippen LogP contribution in [0.5, 0.6) is 11.5 Å². The number of benzene rings is 1. The Balaban J connectivity index is 0.00000392. The van der Waals surface area contributed by atoms with Crippen molar-refractivity contribution in [3.8, 4) is 11.5 Å². The maximum atomic E-state index is 10.7. The van der Waals surface area contributed by atoms with Gasteiger partial charge in [0.2, 0.25) is 0 Å². The van der Waals surface area contributed by atoms with E-state index in [0.717, 1.165) is 30.7 Å². The fourth-order valence-corrected chi connectivity index (χ4v) is 2.65. The highest BCUT2D eigenvalue weighted by Gasteiger charge is 2.05. The van der Waals surface area contributed by atoms with Crippen molar-refractivity contribution in [2.24, 2.45) is 0 Å². The van der Waals surface area contributed by atoms with Crippen LogP contribution >= 0.6 is 24.0 Å². The Morgan fingerprint density at radius 3 is 2.57 bits per heavy atom. The van der Waals surface area contributed by atoms with Crippen LogP contribution < -0.4 is 9.47 Å². The summed E-state index contributed by atoms with van der Waals surface area (Å²) >= 11 is 5.83. The average Bonchev–Trinajstić information content (AvgIpc) is 2.68. The van der Waals surface area contributed by atoms with Gasteiger partial charge >= 0.3 is 5.97 Å². The second-order valence-corrected chi connectivity index (χ2v) is 6.24. The summed E-state index contributed by atoms with van der Waals surface area (Å²) in [5.74, 6) is 0.899. The Morgan fingerprint density at radius 2 is 1.93 bits per heavy atom. The highest BCUT2D eigenvalue weighted by molar-refractivity contribution is 6.16. The number of carbonyl (C=O) groups is 1. The van der Waals surface area contributed by atoms with Crippen molar-refractivity contribution >= 4 is 36.1 Å². The van der Waals surface area contributed by atoms with Crippen molar-refractivity contribution in [3.63, 3.8) is 0 Å². The van der Waals surface area contributed by atoms with Crippen LogP contribution in [0.2, 0.25) is 0 Å². The Morgan fingerprint density at radius 1 is 1.18 bits per heavy atom. The maximum absolute atomic E-state index is 10.7. The molecule has 0 bridgehead atoms. The van der Waals surface area contributed by atoms with Gasteiger partial charge in [-0.05, 0) is 55.2 Å². The van der Waals surface area contributed by atoms with Crippen LogP contribution in [0.15, 0.2) is 42.5 Å². The quantitative estimate of drug-likeness (QED) is 0.398. The molecule has 1 aromatic carbocycles. The third-order valence-corrected chi connectivity index (χ3v) is 4.20. The molecule has 0 unspecified atom stereocenters. The summed E-state index contributed by atoms with van der Waals surface area (Å²) in [7, 11) is 1.66. The molecule has 0 amide bonds. The molecule has 152 valence electrons. The number of hydrogen-bond donors (Lipinski definition) is 1. The number of aliphatic carboxylic acids is 1. The lowest BCUT2D eigenvalue weighted by Crippen LogP contribution is -2.02. The fourth-order valence-electron chi connectivity index (χ4n) is 2.50. The van der Waals surface area contributed by atoms with Crippen LogP contribution in [0.1, 0.15) is 36.2 Å². The Kier molecular flexibility index (Phi) is 11.1. The van der Waals surface area contributed by atoms with E-state index in [4.69, 9.17) is 26.2 Å². The molecule has 7 heteroatoms. The summed E-state index contributed by atoms with van der Waals surface area (Å²) < 4.78 is 11.0. The van der Waals surface area contributed by atoms with Crippen LogP contribution in [0.25, 0.3) is 6.08 Å². The Bertz CT molecular complexity index is 764. The first-order valence-corrected chi connectivity index (χ1v) is 9.35. The molecule has 0 radical (unpaired) electrons. The van der Waals surface area contributed by atoms with Gasteiger partial charge in [0.25, 0.3) is 0 Å². The molecule has 0 saturated carbocycles. The second kappa shape index (κ2) is 13.0. The zero-order chi connectivity index (χ0) is 19.5. The van der Waals surface area contributed by atoms with Gasteiger partial charge in [0.05, 0.1) is 31.7 Å². The van der Waals surface area contributed by atoms with Gasteiger partial charge in [0, 0.05) is 0 Å². The second-order valence-electron chi connectivity index (χ2n) is 5.97. The number of pyridine rings is 1. The Hall–Kier alpha value is -2.24. The Labute approximate surface area is 176 Å². The molecule has 0 fully saturated rings. The molecule has 1 aromatic heterocycles. The monoisotopic (exact) mass is 425 g/mol. The van der Waals surface area contributed by atoms with Gasteiger partial charge in [-0.15, -0.1) is 24.0 Å². The fraction of sp³-hybridized carbons (Fsp3) is 0.333. The number of aromatic nitrogens is 1. The minimum atomic E-state index is -0.888. The van der Waals surface area contributed by atoms with Crippen LogP contribution in [0.4, 0.5) is 0 Å². The van der Waals surface area contributed by atoms with Crippen LogP contribution in [-0.2, 0) is 17.1 Å². The molecule has 0 atom stereocenters. The number of alkyl halides is 1. The van der Waals surface area contributed by atoms with E-state index in [-0.39, 0.29) is 18.8 Å². The summed E-state index contributed by atoms with van der Waals surface area (Å²) in [6.45, 7) is 0.567. The number of methoxy groups -OCH3 is 1. The van der Waals surface area contributed by atoms with Crippen molar-refractivity contribution < 1.29 is 19.4 Å².